The summed E-state index contributed by atoms with van der Waals surface area (Å²) < 4.78 is 0. The first kappa shape index (κ1) is 7.69. The van der Waals surface area contributed by atoms with Crippen molar-refractivity contribution in [3.05, 3.63) is 16.6 Å². The third-order valence-electron chi connectivity index (χ3n) is 1.58. The highest BCUT2D eigenvalue weighted by Crippen LogP contribution is 2.18. The largest absolute Gasteiger partial charge is 0.300 e. The van der Waals surface area contributed by atoms with E-state index in [2.05, 4.69) is 30.9 Å². The molecule has 1 aromatic heterocycles. The Morgan fingerprint density at radius 1 is 1.60 bits per heavy atom. The molecule has 0 spiro atoms. The molecule has 0 bridgehead atoms. The highest BCUT2D eigenvalue weighted by Gasteiger charge is 2.08. The van der Waals surface area contributed by atoms with Crippen LogP contribution in [0.15, 0.2) is 11.6 Å². The predicted octanol–water partition coefficient (Wildman–Crippen LogP) is 1.77. The van der Waals surface area contributed by atoms with E-state index in [9.17, 15) is 0 Å². The summed E-state index contributed by atoms with van der Waals surface area (Å²) >= 11 is 1.71. The van der Waals surface area contributed by atoms with Crippen molar-refractivity contribution in [2.24, 2.45) is 0 Å². The van der Waals surface area contributed by atoms with E-state index in [-0.39, 0.29) is 0 Å². The molecule has 0 amide bonds. The van der Waals surface area contributed by atoms with E-state index in [1.807, 2.05) is 11.6 Å². The van der Waals surface area contributed by atoms with Gasteiger partial charge in [0.2, 0.25) is 0 Å². The van der Waals surface area contributed by atoms with Crippen LogP contribution in [0.3, 0.4) is 0 Å². The summed E-state index contributed by atoms with van der Waals surface area (Å²) in [5.41, 5.74) is 0. The Balaban J connectivity index is 2.68. The maximum Gasteiger partial charge on any atom is 0.109 e. The fourth-order valence-corrected chi connectivity index (χ4v) is 1.45. The van der Waals surface area contributed by atoms with E-state index in [0.29, 0.717) is 6.04 Å². The first-order chi connectivity index (χ1) is 4.72. The van der Waals surface area contributed by atoms with Gasteiger partial charge >= 0.3 is 0 Å². The molecule has 1 atom stereocenters. The second-order valence-corrected chi connectivity index (χ2v) is 3.44. The standard InChI is InChI=1S/C7H12N2S/c1-6(9(2)3)7-8-4-5-10-7/h4-6H,1-3H3. The maximum absolute atomic E-state index is 4.21. The quantitative estimate of drug-likeness (QED) is 0.648. The molecule has 56 valence electrons. The van der Waals surface area contributed by atoms with Crippen LogP contribution in [-0.4, -0.2) is 24.0 Å². The first-order valence-corrected chi connectivity index (χ1v) is 4.15. The molecule has 0 N–H and O–H groups in total. The van der Waals surface area contributed by atoms with Crippen molar-refractivity contribution in [2.45, 2.75) is 13.0 Å². The Kier molecular flexibility index (Phi) is 2.40. The van der Waals surface area contributed by atoms with Gasteiger partial charge in [-0.1, -0.05) is 0 Å². The van der Waals surface area contributed by atoms with Gasteiger partial charge in [-0.15, -0.1) is 11.3 Å². The second-order valence-electron chi connectivity index (χ2n) is 2.51. The zero-order valence-corrected chi connectivity index (χ0v) is 7.35. The van der Waals surface area contributed by atoms with Gasteiger partial charge in [0.05, 0.1) is 6.04 Å². The Labute approximate surface area is 65.5 Å². The molecule has 3 heteroatoms. The smallest absolute Gasteiger partial charge is 0.109 e. The van der Waals surface area contributed by atoms with Crippen LogP contribution < -0.4 is 0 Å². The Morgan fingerprint density at radius 3 is 2.70 bits per heavy atom. The summed E-state index contributed by atoms with van der Waals surface area (Å²) in [7, 11) is 4.12. The molecule has 1 heterocycles. The Morgan fingerprint density at radius 2 is 2.30 bits per heavy atom. The van der Waals surface area contributed by atoms with Crippen LogP contribution in [0.1, 0.15) is 18.0 Å². The normalized spacial score (nSPS) is 14.0. The van der Waals surface area contributed by atoms with E-state index in [4.69, 9.17) is 0 Å². The maximum atomic E-state index is 4.21. The molecule has 0 aliphatic rings. The van der Waals surface area contributed by atoms with Gasteiger partial charge in [0, 0.05) is 11.6 Å². The van der Waals surface area contributed by atoms with Crippen molar-refractivity contribution in [2.75, 3.05) is 14.1 Å². The van der Waals surface area contributed by atoms with Gasteiger partial charge in [0.15, 0.2) is 0 Å². The number of nitrogens with zero attached hydrogens (tertiary/aromatic N) is 2. The summed E-state index contributed by atoms with van der Waals surface area (Å²) in [5, 5.41) is 3.19. The first-order valence-electron chi connectivity index (χ1n) is 3.27. The predicted molar refractivity (Wildman–Crippen MR) is 44.2 cm³/mol. The molecule has 0 aliphatic carbocycles. The lowest BCUT2D eigenvalue weighted by Gasteiger charge is -2.16. The van der Waals surface area contributed by atoms with Crippen LogP contribution in [0.25, 0.3) is 0 Å². The SMILES string of the molecule is CC(c1nccs1)N(C)C. The average Bonchev–Trinajstić information content (AvgIpc) is 2.36. The number of hydrogen-bond donors (Lipinski definition) is 0. The molecule has 2 nitrogen and oxygen atoms in total. The third-order valence-corrected chi connectivity index (χ3v) is 2.53. The monoisotopic (exact) mass is 156 g/mol. The molecular formula is C7H12N2S. The minimum atomic E-state index is 0.444. The summed E-state index contributed by atoms with van der Waals surface area (Å²) in [6.07, 6.45) is 1.85. The Bertz CT molecular complexity index is 181. The number of hydrogen-bond acceptors (Lipinski definition) is 3. The fraction of sp³-hybridized carbons (Fsp3) is 0.571. The van der Waals surface area contributed by atoms with Crippen LogP contribution in [0.5, 0.6) is 0 Å². The van der Waals surface area contributed by atoms with Crippen molar-refractivity contribution in [1.82, 2.24) is 9.88 Å². The number of rotatable bonds is 2. The molecule has 1 unspecified atom stereocenters. The van der Waals surface area contributed by atoms with E-state index < -0.39 is 0 Å². The lowest BCUT2D eigenvalue weighted by atomic mass is 10.3. The zero-order chi connectivity index (χ0) is 7.56. The van der Waals surface area contributed by atoms with Gasteiger partial charge in [-0.2, -0.15) is 0 Å². The van der Waals surface area contributed by atoms with Crippen molar-refractivity contribution in [1.29, 1.82) is 0 Å². The Hall–Kier alpha value is -0.410. The van der Waals surface area contributed by atoms with E-state index >= 15 is 0 Å². The average molecular weight is 156 g/mol. The van der Waals surface area contributed by atoms with Crippen LogP contribution in [-0.2, 0) is 0 Å². The molecule has 0 radical (unpaired) electrons. The highest BCUT2D eigenvalue weighted by molar-refractivity contribution is 7.09. The summed E-state index contributed by atoms with van der Waals surface area (Å²) in [5.74, 6) is 0. The molecule has 0 aromatic carbocycles. The zero-order valence-electron chi connectivity index (χ0n) is 6.53. The van der Waals surface area contributed by atoms with Crippen LogP contribution >= 0.6 is 11.3 Å². The molecule has 0 fully saturated rings. The van der Waals surface area contributed by atoms with Gasteiger partial charge < -0.3 is 4.90 Å². The minimum absolute atomic E-state index is 0.444. The fourth-order valence-electron chi connectivity index (χ4n) is 0.662. The molecule has 0 aliphatic heterocycles. The van der Waals surface area contributed by atoms with Crippen molar-refractivity contribution >= 4 is 11.3 Å². The van der Waals surface area contributed by atoms with Gasteiger partial charge in [-0.05, 0) is 21.0 Å². The van der Waals surface area contributed by atoms with E-state index in [0.717, 1.165) is 0 Å². The molecule has 1 aromatic rings. The topological polar surface area (TPSA) is 16.1 Å². The number of thiazole rings is 1. The molecule has 10 heavy (non-hydrogen) atoms. The van der Waals surface area contributed by atoms with E-state index in [1.54, 1.807) is 11.3 Å². The molecule has 1 rings (SSSR count). The van der Waals surface area contributed by atoms with Crippen molar-refractivity contribution in [3.63, 3.8) is 0 Å². The molecule has 0 saturated carbocycles. The van der Waals surface area contributed by atoms with Gasteiger partial charge in [0.25, 0.3) is 0 Å². The van der Waals surface area contributed by atoms with Gasteiger partial charge in [-0.3, -0.25) is 0 Å². The number of aromatic nitrogens is 1. The summed E-state index contributed by atoms with van der Waals surface area (Å²) in [6.45, 7) is 2.15. The highest BCUT2D eigenvalue weighted by atomic mass is 32.1. The van der Waals surface area contributed by atoms with Crippen LogP contribution in [0.4, 0.5) is 0 Å². The lowest BCUT2D eigenvalue weighted by Crippen LogP contribution is -2.16. The minimum Gasteiger partial charge on any atom is -0.300 e. The summed E-state index contributed by atoms with van der Waals surface area (Å²) in [6, 6.07) is 0.444. The lowest BCUT2D eigenvalue weighted by molar-refractivity contribution is 0.320. The van der Waals surface area contributed by atoms with Crippen LogP contribution in [0, 0.1) is 0 Å². The molecular weight excluding hydrogens is 144 g/mol. The summed E-state index contributed by atoms with van der Waals surface area (Å²) in [4.78, 5) is 6.37. The van der Waals surface area contributed by atoms with Crippen molar-refractivity contribution < 1.29 is 0 Å². The van der Waals surface area contributed by atoms with Crippen LogP contribution in [0.2, 0.25) is 0 Å². The van der Waals surface area contributed by atoms with E-state index in [1.165, 1.54) is 5.01 Å². The third kappa shape index (κ3) is 1.55. The van der Waals surface area contributed by atoms with Crippen molar-refractivity contribution in [3.8, 4) is 0 Å². The second kappa shape index (κ2) is 3.12. The van der Waals surface area contributed by atoms with Gasteiger partial charge in [0.1, 0.15) is 5.01 Å². The van der Waals surface area contributed by atoms with Gasteiger partial charge in [-0.25, -0.2) is 4.98 Å². The molecule has 0 saturated heterocycles.